The van der Waals surface area contributed by atoms with Gasteiger partial charge in [-0.3, -0.25) is 9.59 Å². The molecular formula is C30H58O4. The zero-order valence-corrected chi connectivity index (χ0v) is 23.7. The first-order chi connectivity index (χ1) is 16.2. The number of carbonyl (C=O) groups is 2. The average Bonchev–Trinajstić information content (AvgIpc) is 2.76. The number of carbonyl (C=O) groups excluding carboxylic acids is 2. The minimum atomic E-state index is -0.0293. The lowest BCUT2D eigenvalue weighted by molar-refractivity contribution is -0.145. The van der Waals surface area contributed by atoms with Crippen LogP contribution < -0.4 is 0 Å². The molecule has 0 aliphatic rings. The summed E-state index contributed by atoms with van der Waals surface area (Å²) in [7, 11) is 0. The van der Waals surface area contributed by atoms with E-state index >= 15 is 0 Å². The SMILES string of the molecule is CC(C)CCCCOC(=O)CCCCCCCCC(CCC(=O)OCCCCC(C)C)C(C)C. The van der Waals surface area contributed by atoms with E-state index in [2.05, 4.69) is 41.5 Å². The van der Waals surface area contributed by atoms with Crippen LogP contribution in [0.5, 0.6) is 0 Å². The first kappa shape index (κ1) is 32.9. The van der Waals surface area contributed by atoms with Crippen LogP contribution in [-0.4, -0.2) is 25.2 Å². The summed E-state index contributed by atoms with van der Waals surface area (Å²) in [6.07, 6.45) is 16.9. The molecule has 0 rings (SSSR count). The molecule has 0 aliphatic carbocycles. The van der Waals surface area contributed by atoms with Crippen molar-refractivity contribution in [1.29, 1.82) is 0 Å². The molecule has 0 fully saturated rings. The number of unbranched alkanes of at least 4 members (excludes halogenated alkanes) is 7. The van der Waals surface area contributed by atoms with Gasteiger partial charge < -0.3 is 9.47 Å². The third-order valence-electron chi connectivity index (χ3n) is 6.75. The maximum atomic E-state index is 12.0. The lowest BCUT2D eigenvalue weighted by Gasteiger charge is -2.20. The molecule has 4 heteroatoms. The number of esters is 2. The van der Waals surface area contributed by atoms with Crippen molar-refractivity contribution in [1.82, 2.24) is 0 Å². The fourth-order valence-corrected chi connectivity index (χ4v) is 4.32. The predicted octanol–water partition coefficient (Wildman–Crippen LogP) is 8.90. The standard InChI is InChI=1S/C30H58O4/c1-25(2)17-13-15-23-33-29(31)20-12-10-8-7-9-11-19-28(27(5)6)21-22-30(32)34-24-16-14-18-26(3)4/h25-28H,7-24H2,1-6H3. The summed E-state index contributed by atoms with van der Waals surface area (Å²) in [5.74, 6) is 2.60. The molecule has 4 nitrogen and oxygen atoms in total. The summed E-state index contributed by atoms with van der Waals surface area (Å²) >= 11 is 0. The van der Waals surface area contributed by atoms with Crippen molar-refractivity contribution in [2.24, 2.45) is 23.7 Å². The number of ether oxygens (including phenoxy) is 2. The van der Waals surface area contributed by atoms with Gasteiger partial charge in [-0.25, -0.2) is 0 Å². The van der Waals surface area contributed by atoms with Crippen LogP contribution >= 0.6 is 0 Å². The molecule has 0 aromatic heterocycles. The van der Waals surface area contributed by atoms with Crippen molar-refractivity contribution in [3.05, 3.63) is 0 Å². The van der Waals surface area contributed by atoms with Crippen molar-refractivity contribution in [2.75, 3.05) is 13.2 Å². The van der Waals surface area contributed by atoms with Gasteiger partial charge in [-0.1, -0.05) is 92.9 Å². The molecule has 1 unspecified atom stereocenters. The molecule has 0 heterocycles. The molecule has 0 spiro atoms. The van der Waals surface area contributed by atoms with Crippen LogP contribution in [0.25, 0.3) is 0 Å². The van der Waals surface area contributed by atoms with E-state index in [-0.39, 0.29) is 11.9 Å². The Kier molecular flexibility index (Phi) is 21.7. The Labute approximate surface area is 212 Å². The van der Waals surface area contributed by atoms with E-state index in [4.69, 9.17) is 9.47 Å². The van der Waals surface area contributed by atoms with Gasteiger partial charge in [0.2, 0.25) is 0 Å². The summed E-state index contributed by atoms with van der Waals surface area (Å²) in [6.45, 7) is 14.6. The van der Waals surface area contributed by atoms with E-state index in [1.807, 2.05) is 0 Å². The van der Waals surface area contributed by atoms with Crippen LogP contribution in [0.4, 0.5) is 0 Å². The van der Waals surface area contributed by atoms with E-state index in [1.165, 1.54) is 44.9 Å². The Morgan fingerprint density at radius 1 is 0.500 bits per heavy atom. The smallest absolute Gasteiger partial charge is 0.305 e. The normalized spacial score (nSPS) is 12.5. The minimum Gasteiger partial charge on any atom is -0.466 e. The molecule has 0 amide bonds. The highest BCUT2D eigenvalue weighted by Gasteiger charge is 2.15. The van der Waals surface area contributed by atoms with Crippen LogP contribution in [0.3, 0.4) is 0 Å². The molecule has 0 aliphatic heterocycles. The van der Waals surface area contributed by atoms with Gasteiger partial charge >= 0.3 is 11.9 Å². The lowest BCUT2D eigenvalue weighted by Crippen LogP contribution is -2.13. The van der Waals surface area contributed by atoms with Crippen molar-refractivity contribution >= 4 is 11.9 Å². The van der Waals surface area contributed by atoms with E-state index in [9.17, 15) is 9.59 Å². The van der Waals surface area contributed by atoms with Gasteiger partial charge in [0, 0.05) is 12.8 Å². The van der Waals surface area contributed by atoms with Gasteiger partial charge in [-0.05, 0) is 62.2 Å². The largest absolute Gasteiger partial charge is 0.466 e. The van der Waals surface area contributed by atoms with Gasteiger partial charge in [0.1, 0.15) is 0 Å². The Morgan fingerprint density at radius 2 is 0.941 bits per heavy atom. The Morgan fingerprint density at radius 3 is 1.44 bits per heavy atom. The summed E-state index contributed by atoms with van der Waals surface area (Å²) in [5.41, 5.74) is 0. The third kappa shape index (κ3) is 22.7. The van der Waals surface area contributed by atoms with Crippen molar-refractivity contribution < 1.29 is 19.1 Å². The van der Waals surface area contributed by atoms with E-state index in [0.29, 0.717) is 37.9 Å². The molecule has 0 bridgehead atoms. The predicted molar refractivity (Wildman–Crippen MR) is 144 cm³/mol. The Balaban J connectivity index is 3.67. The Bertz CT molecular complexity index is 484. The minimum absolute atomic E-state index is 0.0238. The topological polar surface area (TPSA) is 52.6 Å². The van der Waals surface area contributed by atoms with Gasteiger partial charge in [-0.15, -0.1) is 0 Å². The van der Waals surface area contributed by atoms with Crippen LogP contribution in [-0.2, 0) is 19.1 Å². The molecule has 202 valence electrons. The van der Waals surface area contributed by atoms with E-state index in [0.717, 1.165) is 56.8 Å². The van der Waals surface area contributed by atoms with E-state index < -0.39 is 0 Å². The average molecular weight is 483 g/mol. The molecule has 34 heavy (non-hydrogen) atoms. The monoisotopic (exact) mass is 482 g/mol. The lowest BCUT2D eigenvalue weighted by atomic mass is 9.86. The highest BCUT2D eigenvalue weighted by molar-refractivity contribution is 5.69. The number of hydrogen-bond acceptors (Lipinski definition) is 4. The fraction of sp³-hybridized carbons (Fsp3) is 0.933. The van der Waals surface area contributed by atoms with Crippen molar-refractivity contribution in [2.45, 2.75) is 144 Å². The maximum absolute atomic E-state index is 12.0. The quantitative estimate of drug-likeness (QED) is 0.108. The molecule has 0 aromatic rings. The number of rotatable bonds is 23. The summed E-state index contributed by atoms with van der Waals surface area (Å²) < 4.78 is 10.7. The second kappa shape index (κ2) is 22.4. The van der Waals surface area contributed by atoms with Crippen LogP contribution in [0.2, 0.25) is 0 Å². The molecular weight excluding hydrogens is 424 g/mol. The number of hydrogen-bond donors (Lipinski definition) is 0. The Hall–Kier alpha value is -1.06. The van der Waals surface area contributed by atoms with Crippen LogP contribution in [0.1, 0.15) is 144 Å². The van der Waals surface area contributed by atoms with Gasteiger partial charge in [0.05, 0.1) is 13.2 Å². The molecule has 0 saturated heterocycles. The molecule has 0 aromatic carbocycles. The maximum Gasteiger partial charge on any atom is 0.305 e. The zero-order valence-electron chi connectivity index (χ0n) is 23.7. The molecule has 0 N–H and O–H groups in total. The summed E-state index contributed by atoms with van der Waals surface area (Å²) in [6, 6.07) is 0. The highest BCUT2D eigenvalue weighted by Crippen LogP contribution is 2.24. The zero-order chi connectivity index (χ0) is 25.6. The van der Waals surface area contributed by atoms with Crippen molar-refractivity contribution in [3.63, 3.8) is 0 Å². The van der Waals surface area contributed by atoms with Crippen LogP contribution in [0.15, 0.2) is 0 Å². The first-order valence-electron chi connectivity index (χ1n) is 14.5. The van der Waals surface area contributed by atoms with Gasteiger partial charge in [0.15, 0.2) is 0 Å². The van der Waals surface area contributed by atoms with Gasteiger partial charge in [-0.2, -0.15) is 0 Å². The highest BCUT2D eigenvalue weighted by atomic mass is 16.5. The fourth-order valence-electron chi connectivity index (χ4n) is 4.32. The third-order valence-corrected chi connectivity index (χ3v) is 6.75. The first-order valence-corrected chi connectivity index (χ1v) is 14.5. The van der Waals surface area contributed by atoms with Gasteiger partial charge in [0.25, 0.3) is 0 Å². The summed E-state index contributed by atoms with van der Waals surface area (Å²) in [4.78, 5) is 23.8. The molecule has 1 atom stereocenters. The molecule has 0 radical (unpaired) electrons. The van der Waals surface area contributed by atoms with E-state index in [1.54, 1.807) is 0 Å². The second-order valence-corrected chi connectivity index (χ2v) is 11.4. The molecule has 0 saturated carbocycles. The summed E-state index contributed by atoms with van der Waals surface area (Å²) in [5, 5.41) is 0. The second-order valence-electron chi connectivity index (χ2n) is 11.4. The van der Waals surface area contributed by atoms with Crippen molar-refractivity contribution in [3.8, 4) is 0 Å². The van der Waals surface area contributed by atoms with Crippen LogP contribution in [0, 0.1) is 23.7 Å².